The molecule has 4 heteroatoms. The van der Waals surface area contributed by atoms with Gasteiger partial charge in [-0.1, -0.05) is 0 Å². The molecule has 0 radical (unpaired) electrons. The Morgan fingerprint density at radius 2 is 2.00 bits per heavy atom. The maximum absolute atomic E-state index is 12.7. The molecule has 3 aliphatic rings. The van der Waals surface area contributed by atoms with Crippen LogP contribution in [0.1, 0.15) is 32.6 Å². The molecule has 0 spiro atoms. The quantitative estimate of drug-likeness (QED) is 0.814. The summed E-state index contributed by atoms with van der Waals surface area (Å²) in [4.78, 5) is 2.08. The Labute approximate surface area is 102 Å². The predicted molar refractivity (Wildman–Crippen MR) is 63.2 cm³/mol. The van der Waals surface area contributed by atoms with Crippen molar-refractivity contribution in [3.63, 3.8) is 0 Å². The number of hydrogen-bond acceptors (Lipinski definition) is 2. The Balaban J connectivity index is 1.70. The van der Waals surface area contributed by atoms with Gasteiger partial charge < -0.3 is 5.32 Å². The molecule has 1 heterocycles. The summed E-state index contributed by atoms with van der Waals surface area (Å²) in [5.74, 6) is 1.38. The second kappa shape index (κ2) is 4.16. The van der Waals surface area contributed by atoms with Gasteiger partial charge in [-0.15, -0.1) is 0 Å². The highest BCUT2D eigenvalue weighted by molar-refractivity contribution is 5.06. The third-order valence-electron chi connectivity index (χ3n) is 4.87. The van der Waals surface area contributed by atoms with Crippen LogP contribution in [0.4, 0.5) is 8.78 Å². The number of halogens is 2. The zero-order valence-electron chi connectivity index (χ0n) is 10.5. The van der Waals surface area contributed by atoms with Crippen LogP contribution in [0.2, 0.25) is 0 Å². The van der Waals surface area contributed by atoms with E-state index < -0.39 is 6.43 Å². The van der Waals surface area contributed by atoms with Gasteiger partial charge in [0.2, 0.25) is 0 Å². The maximum Gasteiger partial charge on any atom is 0.251 e. The molecule has 2 nitrogen and oxygen atoms in total. The van der Waals surface area contributed by atoms with Crippen molar-refractivity contribution in [2.24, 2.45) is 11.8 Å². The van der Waals surface area contributed by atoms with Crippen molar-refractivity contribution >= 4 is 0 Å². The first-order valence-electron chi connectivity index (χ1n) is 6.86. The summed E-state index contributed by atoms with van der Waals surface area (Å²) in [5, 5.41) is 3.61. The standard InChI is InChI=1S/C13H22F2N2/c1-13(10-4-5-10)8-16-11(9-2-3-9)6-17(13)7-12(14)15/h9-12,16H,2-8H2,1H3. The van der Waals surface area contributed by atoms with Crippen molar-refractivity contribution in [1.82, 2.24) is 10.2 Å². The Morgan fingerprint density at radius 1 is 1.29 bits per heavy atom. The van der Waals surface area contributed by atoms with Crippen LogP contribution in [0.15, 0.2) is 0 Å². The SMILES string of the molecule is CC1(C2CC2)CNC(C2CC2)CN1CC(F)F. The van der Waals surface area contributed by atoms with Crippen LogP contribution in [0.25, 0.3) is 0 Å². The van der Waals surface area contributed by atoms with Crippen LogP contribution in [-0.2, 0) is 0 Å². The highest BCUT2D eigenvalue weighted by Crippen LogP contribution is 2.45. The first kappa shape index (κ1) is 11.8. The third-order valence-corrected chi connectivity index (χ3v) is 4.87. The van der Waals surface area contributed by atoms with Crippen molar-refractivity contribution < 1.29 is 8.78 Å². The molecule has 2 unspecified atom stereocenters. The number of nitrogens with one attached hydrogen (secondary N) is 1. The van der Waals surface area contributed by atoms with E-state index in [4.69, 9.17) is 0 Å². The molecule has 0 amide bonds. The molecule has 0 aromatic heterocycles. The summed E-state index contributed by atoms with van der Waals surface area (Å²) in [6.45, 7) is 3.84. The lowest BCUT2D eigenvalue weighted by Gasteiger charge is -2.48. The lowest BCUT2D eigenvalue weighted by Crippen LogP contribution is -2.65. The summed E-state index contributed by atoms with van der Waals surface area (Å²) >= 11 is 0. The van der Waals surface area contributed by atoms with E-state index in [0.29, 0.717) is 12.0 Å². The van der Waals surface area contributed by atoms with Crippen LogP contribution in [0, 0.1) is 11.8 Å². The Bertz CT molecular complexity index is 289. The molecule has 3 rings (SSSR count). The summed E-state index contributed by atoms with van der Waals surface area (Å²) < 4.78 is 25.5. The van der Waals surface area contributed by atoms with Gasteiger partial charge in [0.05, 0.1) is 6.54 Å². The zero-order valence-corrected chi connectivity index (χ0v) is 10.5. The van der Waals surface area contributed by atoms with E-state index in [1.807, 2.05) is 0 Å². The molecule has 1 N–H and O–H groups in total. The highest BCUT2D eigenvalue weighted by Gasteiger charge is 2.50. The second-order valence-corrected chi connectivity index (χ2v) is 6.25. The van der Waals surface area contributed by atoms with Gasteiger partial charge >= 0.3 is 0 Å². The number of piperazine rings is 1. The molecule has 2 atom stereocenters. The molecule has 1 aliphatic heterocycles. The van der Waals surface area contributed by atoms with E-state index in [2.05, 4.69) is 17.1 Å². The smallest absolute Gasteiger partial charge is 0.251 e. The molecule has 0 aromatic carbocycles. The van der Waals surface area contributed by atoms with Crippen LogP contribution in [0.5, 0.6) is 0 Å². The molecule has 2 saturated carbocycles. The number of nitrogens with zero attached hydrogens (tertiary/aromatic N) is 1. The van der Waals surface area contributed by atoms with Gasteiger partial charge in [0.1, 0.15) is 0 Å². The van der Waals surface area contributed by atoms with Gasteiger partial charge in [-0.25, -0.2) is 8.78 Å². The monoisotopic (exact) mass is 244 g/mol. The largest absolute Gasteiger partial charge is 0.311 e. The van der Waals surface area contributed by atoms with Gasteiger partial charge in [0, 0.05) is 24.7 Å². The van der Waals surface area contributed by atoms with E-state index in [9.17, 15) is 8.78 Å². The maximum atomic E-state index is 12.7. The van der Waals surface area contributed by atoms with Crippen molar-refractivity contribution in [3.05, 3.63) is 0 Å². The number of alkyl halides is 2. The molecular formula is C13H22F2N2. The van der Waals surface area contributed by atoms with Gasteiger partial charge in [-0.05, 0) is 44.4 Å². The molecular weight excluding hydrogens is 222 g/mol. The fraction of sp³-hybridized carbons (Fsp3) is 1.00. The van der Waals surface area contributed by atoms with Gasteiger partial charge in [-0.3, -0.25) is 4.90 Å². The van der Waals surface area contributed by atoms with Crippen LogP contribution in [0.3, 0.4) is 0 Å². The van der Waals surface area contributed by atoms with E-state index in [1.165, 1.54) is 25.7 Å². The minimum Gasteiger partial charge on any atom is -0.311 e. The van der Waals surface area contributed by atoms with E-state index >= 15 is 0 Å². The Kier molecular flexibility index (Phi) is 2.90. The van der Waals surface area contributed by atoms with Crippen molar-refractivity contribution in [2.45, 2.75) is 50.6 Å². The molecule has 3 fully saturated rings. The summed E-state index contributed by atoms with van der Waals surface area (Å²) in [5.41, 5.74) is -0.0260. The number of hydrogen-bond donors (Lipinski definition) is 1. The van der Waals surface area contributed by atoms with Crippen LogP contribution in [-0.4, -0.2) is 42.5 Å². The van der Waals surface area contributed by atoms with Crippen molar-refractivity contribution in [3.8, 4) is 0 Å². The molecule has 98 valence electrons. The number of rotatable bonds is 4. The van der Waals surface area contributed by atoms with Crippen molar-refractivity contribution in [1.29, 1.82) is 0 Å². The Morgan fingerprint density at radius 3 is 2.53 bits per heavy atom. The lowest BCUT2D eigenvalue weighted by atomic mass is 9.88. The van der Waals surface area contributed by atoms with Crippen LogP contribution < -0.4 is 5.32 Å². The van der Waals surface area contributed by atoms with Gasteiger partial charge in [0.15, 0.2) is 0 Å². The normalized spacial score (nSPS) is 39.9. The average Bonchev–Trinajstić information content (AvgIpc) is 3.15. The molecule has 0 aromatic rings. The summed E-state index contributed by atoms with van der Waals surface area (Å²) in [6.07, 6.45) is 2.78. The predicted octanol–water partition coefficient (Wildman–Crippen LogP) is 2.10. The minimum absolute atomic E-state index is 0.0260. The van der Waals surface area contributed by atoms with E-state index in [0.717, 1.165) is 19.0 Å². The average molecular weight is 244 g/mol. The molecule has 2 aliphatic carbocycles. The third kappa shape index (κ3) is 2.34. The van der Waals surface area contributed by atoms with E-state index in [1.54, 1.807) is 0 Å². The fourth-order valence-corrected chi connectivity index (χ4v) is 3.33. The second-order valence-electron chi connectivity index (χ2n) is 6.25. The summed E-state index contributed by atoms with van der Waals surface area (Å²) in [6, 6.07) is 0.459. The zero-order chi connectivity index (χ0) is 12.0. The van der Waals surface area contributed by atoms with Crippen molar-refractivity contribution in [2.75, 3.05) is 19.6 Å². The molecule has 1 saturated heterocycles. The van der Waals surface area contributed by atoms with Gasteiger partial charge in [-0.2, -0.15) is 0 Å². The fourth-order valence-electron chi connectivity index (χ4n) is 3.33. The minimum atomic E-state index is -2.20. The summed E-state index contributed by atoms with van der Waals surface area (Å²) in [7, 11) is 0. The topological polar surface area (TPSA) is 15.3 Å². The Hall–Kier alpha value is -0.220. The van der Waals surface area contributed by atoms with Crippen LogP contribution >= 0.6 is 0 Å². The first-order chi connectivity index (χ1) is 8.09. The first-order valence-corrected chi connectivity index (χ1v) is 6.86. The van der Waals surface area contributed by atoms with E-state index in [-0.39, 0.29) is 12.1 Å². The molecule has 0 bridgehead atoms. The molecule has 17 heavy (non-hydrogen) atoms. The van der Waals surface area contributed by atoms with Gasteiger partial charge in [0.25, 0.3) is 6.43 Å². The highest BCUT2D eigenvalue weighted by atomic mass is 19.3. The lowest BCUT2D eigenvalue weighted by molar-refractivity contribution is -0.0153.